The first-order chi connectivity index (χ1) is 14.0. The van der Waals surface area contributed by atoms with E-state index in [2.05, 4.69) is 10.6 Å². The van der Waals surface area contributed by atoms with E-state index in [1.807, 2.05) is 67.6 Å². The summed E-state index contributed by atoms with van der Waals surface area (Å²) in [4.78, 5) is 24.4. The van der Waals surface area contributed by atoms with Crippen molar-refractivity contribution in [3.63, 3.8) is 0 Å². The summed E-state index contributed by atoms with van der Waals surface area (Å²) < 4.78 is 1.77. The predicted molar refractivity (Wildman–Crippen MR) is 116 cm³/mol. The van der Waals surface area contributed by atoms with Gasteiger partial charge in [-0.3, -0.25) is 9.59 Å². The zero-order valence-electron chi connectivity index (χ0n) is 16.4. The number of carboxylic acids is 1. The molecule has 1 aliphatic rings. The molecule has 7 nitrogen and oxygen atoms in total. The second kappa shape index (κ2) is 9.11. The number of rotatable bonds is 5. The molecule has 0 aliphatic carbocycles. The van der Waals surface area contributed by atoms with Crippen LogP contribution in [-0.2, 0) is 4.79 Å². The Bertz CT molecular complexity index is 1040. The smallest absolute Gasteiger partial charge is 0.320 e. The van der Waals surface area contributed by atoms with Gasteiger partial charge in [0.1, 0.15) is 11.7 Å². The van der Waals surface area contributed by atoms with Gasteiger partial charge in [0, 0.05) is 18.2 Å². The lowest BCUT2D eigenvalue weighted by Gasteiger charge is -2.12. The molecule has 4 rings (SSSR count). The molecular weight excluding hydrogens is 404 g/mol. The molecule has 1 saturated heterocycles. The Kier molecular flexibility index (Phi) is 6.54. The summed E-state index contributed by atoms with van der Waals surface area (Å²) >= 11 is 0. The van der Waals surface area contributed by atoms with Gasteiger partial charge >= 0.3 is 5.97 Å². The molecule has 8 heteroatoms. The fraction of sp³-hybridized carbons (Fsp3) is 0.227. The Hall–Kier alpha value is -3.16. The number of benzene rings is 2. The van der Waals surface area contributed by atoms with Crippen molar-refractivity contribution in [2.75, 3.05) is 6.54 Å². The summed E-state index contributed by atoms with van der Waals surface area (Å²) in [6.07, 6.45) is 0.355. The van der Waals surface area contributed by atoms with Crippen LogP contribution in [0.4, 0.5) is 0 Å². The number of nitrogens with one attached hydrogen (secondary N) is 2. The molecule has 3 N–H and O–H groups in total. The van der Waals surface area contributed by atoms with Gasteiger partial charge in [-0.05, 0) is 25.5 Å². The van der Waals surface area contributed by atoms with Gasteiger partial charge in [0.15, 0.2) is 0 Å². The third kappa shape index (κ3) is 4.22. The number of carboxylic acid groups (broad SMARTS) is 1. The lowest BCUT2D eigenvalue weighted by molar-refractivity contribution is -0.139. The molecule has 0 bridgehead atoms. The Morgan fingerprint density at radius 3 is 2.33 bits per heavy atom. The van der Waals surface area contributed by atoms with E-state index in [1.54, 1.807) is 4.68 Å². The number of aliphatic carboxylic acids is 1. The van der Waals surface area contributed by atoms with Crippen LogP contribution in [0.25, 0.3) is 16.9 Å². The second-order valence-corrected chi connectivity index (χ2v) is 7.13. The average molecular weight is 427 g/mol. The van der Waals surface area contributed by atoms with E-state index in [9.17, 15) is 9.59 Å². The van der Waals surface area contributed by atoms with Crippen LogP contribution in [0.3, 0.4) is 0 Å². The third-order valence-electron chi connectivity index (χ3n) is 5.16. The number of nitrogens with zero attached hydrogens (tertiary/aromatic N) is 2. The Labute approximate surface area is 180 Å². The molecule has 1 fully saturated rings. The van der Waals surface area contributed by atoms with E-state index in [-0.39, 0.29) is 24.4 Å². The first kappa shape index (κ1) is 21.5. The minimum absolute atomic E-state index is 0. The largest absolute Gasteiger partial charge is 0.480 e. The van der Waals surface area contributed by atoms with Gasteiger partial charge < -0.3 is 15.7 Å². The molecule has 0 saturated carbocycles. The number of amides is 1. The standard InChI is InChI=1S/C22H22N4O3.ClH/c1-14-19(21(27)24-16-12-18(22(28)29)23-13-16)20(15-8-4-2-5-9-15)25-26(14)17-10-6-3-7-11-17;/h2-11,16,18,23H,12-13H2,1H3,(H,24,27)(H,28,29);1H/t16-,18-;/m0./s1. The lowest BCUT2D eigenvalue weighted by Crippen LogP contribution is -2.36. The number of aromatic nitrogens is 2. The molecular formula is C22H23ClN4O3. The maximum atomic E-state index is 13.2. The highest BCUT2D eigenvalue weighted by Crippen LogP contribution is 2.27. The van der Waals surface area contributed by atoms with Gasteiger partial charge in [0.2, 0.25) is 0 Å². The minimum atomic E-state index is -0.903. The molecule has 0 radical (unpaired) electrons. The Balaban J connectivity index is 0.00000256. The van der Waals surface area contributed by atoms with E-state index in [0.29, 0.717) is 24.2 Å². The SMILES string of the molecule is Cc1c(C(=O)N[C@@H]2CN[C@H](C(=O)O)C2)c(-c2ccccc2)nn1-c1ccccc1.Cl. The van der Waals surface area contributed by atoms with Crippen LogP contribution in [0, 0.1) is 6.92 Å². The van der Waals surface area contributed by atoms with Crippen LogP contribution in [0.5, 0.6) is 0 Å². The van der Waals surface area contributed by atoms with Crippen LogP contribution in [-0.4, -0.2) is 45.4 Å². The quantitative estimate of drug-likeness (QED) is 0.583. The second-order valence-electron chi connectivity index (χ2n) is 7.13. The van der Waals surface area contributed by atoms with Crippen LogP contribution in [0.1, 0.15) is 22.5 Å². The van der Waals surface area contributed by atoms with Crippen molar-refractivity contribution in [2.24, 2.45) is 0 Å². The minimum Gasteiger partial charge on any atom is -0.480 e. The van der Waals surface area contributed by atoms with E-state index in [4.69, 9.17) is 10.2 Å². The Morgan fingerprint density at radius 1 is 1.10 bits per heavy atom. The maximum Gasteiger partial charge on any atom is 0.320 e. The highest BCUT2D eigenvalue weighted by atomic mass is 35.5. The molecule has 1 aliphatic heterocycles. The molecule has 0 spiro atoms. The van der Waals surface area contributed by atoms with E-state index >= 15 is 0 Å². The van der Waals surface area contributed by atoms with Crippen LogP contribution >= 0.6 is 12.4 Å². The van der Waals surface area contributed by atoms with Gasteiger partial charge in [-0.25, -0.2) is 4.68 Å². The molecule has 2 heterocycles. The zero-order valence-corrected chi connectivity index (χ0v) is 17.2. The van der Waals surface area contributed by atoms with Gasteiger partial charge in [-0.15, -0.1) is 12.4 Å². The normalized spacial score (nSPS) is 17.9. The fourth-order valence-corrected chi connectivity index (χ4v) is 3.68. The summed E-state index contributed by atoms with van der Waals surface area (Å²) in [7, 11) is 0. The number of carbonyl (C=O) groups is 2. The maximum absolute atomic E-state index is 13.2. The Morgan fingerprint density at radius 2 is 1.73 bits per heavy atom. The summed E-state index contributed by atoms with van der Waals surface area (Å²) in [5.74, 6) is -1.15. The first-order valence-corrected chi connectivity index (χ1v) is 9.52. The molecule has 2 atom stereocenters. The number of carbonyl (C=O) groups excluding carboxylic acids is 1. The van der Waals surface area contributed by atoms with Crippen molar-refractivity contribution in [2.45, 2.75) is 25.4 Å². The van der Waals surface area contributed by atoms with Crippen molar-refractivity contribution in [3.05, 3.63) is 71.9 Å². The molecule has 2 aromatic carbocycles. The van der Waals surface area contributed by atoms with E-state index in [1.165, 1.54) is 0 Å². The average Bonchev–Trinajstić information content (AvgIpc) is 3.34. The van der Waals surface area contributed by atoms with Crippen molar-refractivity contribution >= 4 is 24.3 Å². The summed E-state index contributed by atoms with van der Waals surface area (Å²) in [6.45, 7) is 2.30. The summed E-state index contributed by atoms with van der Waals surface area (Å²) in [5.41, 5.74) is 3.55. The fourth-order valence-electron chi connectivity index (χ4n) is 3.68. The molecule has 1 aromatic heterocycles. The number of hydrogen-bond acceptors (Lipinski definition) is 4. The molecule has 30 heavy (non-hydrogen) atoms. The van der Waals surface area contributed by atoms with Crippen LogP contribution in [0.15, 0.2) is 60.7 Å². The van der Waals surface area contributed by atoms with E-state index in [0.717, 1.165) is 16.9 Å². The highest BCUT2D eigenvalue weighted by molar-refractivity contribution is 6.01. The third-order valence-corrected chi connectivity index (χ3v) is 5.16. The summed E-state index contributed by atoms with van der Waals surface area (Å²) in [6, 6.07) is 18.4. The first-order valence-electron chi connectivity index (χ1n) is 9.52. The van der Waals surface area contributed by atoms with Crippen LogP contribution in [0.2, 0.25) is 0 Å². The molecule has 3 aromatic rings. The number of halogens is 1. The number of hydrogen-bond donors (Lipinski definition) is 3. The van der Waals surface area contributed by atoms with Crippen molar-refractivity contribution in [1.29, 1.82) is 0 Å². The monoisotopic (exact) mass is 426 g/mol. The number of para-hydroxylation sites is 1. The zero-order chi connectivity index (χ0) is 20.4. The highest BCUT2D eigenvalue weighted by Gasteiger charge is 2.32. The molecule has 0 unspecified atom stereocenters. The molecule has 156 valence electrons. The van der Waals surface area contributed by atoms with Crippen LogP contribution < -0.4 is 10.6 Å². The summed E-state index contributed by atoms with van der Waals surface area (Å²) in [5, 5.41) is 19.8. The molecule has 1 amide bonds. The predicted octanol–water partition coefficient (Wildman–Crippen LogP) is 2.81. The van der Waals surface area contributed by atoms with Gasteiger partial charge in [0.05, 0.1) is 16.9 Å². The van der Waals surface area contributed by atoms with Crippen molar-refractivity contribution < 1.29 is 14.7 Å². The van der Waals surface area contributed by atoms with Crippen molar-refractivity contribution in [1.82, 2.24) is 20.4 Å². The van der Waals surface area contributed by atoms with Gasteiger partial charge in [-0.2, -0.15) is 5.10 Å². The van der Waals surface area contributed by atoms with Gasteiger partial charge in [-0.1, -0.05) is 48.5 Å². The lowest BCUT2D eigenvalue weighted by atomic mass is 10.0. The van der Waals surface area contributed by atoms with Gasteiger partial charge in [0.25, 0.3) is 5.91 Å². The van der Waals surface area contributed by atoms with E-state index < -0.39 is 12.0 Å². The topological polar surface area (TPSA) is 96.2 Å². The van der Waals surface area contributed by atoms with Crippen molar-refractivity contribution in [3.8, 4) is 16.9 Å².